The maximum Gasteiger partial charge on any atom is 0.326 e. The van der Waals surface area contributed by atoms with E-state index < -0.39 is 60.7 Å². The number of amides is 4. The molecule has 13 heteroatoms. The standard InChI is InChI=1S/C15H23N7O6/c1-7(16)13(25)22-9(3-11(17)23)14(26)19-5-12(24)21-10(15(27)28)2-8-4-18-6-20-8/h4,6-7,9-10H,2-3,5,16H2,1H3,(H2,17,23)(H,18,20)(H,19,26)(H,21,24)(H,22,25)(H,27,28). The first-order valence-corrected chi connectivity index (χ1v) is 8.21. The summed E-state index contributed by atoms with van der Waals surface area (Å²) in [6.45, 7) is 0.808. The summed E-state index contributed by atoms with van der Waals surface area (Å²) in [7, 11) is 0. The van der Waals surface area contributed by atoms with Crippen molar-refractivity contribution in [2.45, 2.75) is 37.9 Å². The van der Waals surface area contributed by atoms with Gasteiger partial charge in [0.2, 0.25) is 23.6 Å². The first-order chi connectivity index (χ1) is 13.1. The number of carbonyl (C=O) groups excluding carboxylic acids is 4. The highest BCUT2D eigenvalue weighted by Crippen LogP contribution is 1.99. The number of hydrogen-bond donors (Lipinski definition) is 7. The van der Waals surface area contributed by atoms with Gasteiger partial charge in [-0.15, -0.1) is 0 Å². The summed E-state index contributed by atoms with van der Waals surface area (Å²) in [5.41, 5.74) is 10.9. The smallest absolute Gasteiger partial charge is 0.326 e. The molecular weight excluding hydrogens is 374 g/mol. The number of primary amides is 1. The number of nitrogens with zero attached hydrogens (tertiary/aromatic N) is 1. The summed E-state index contributed by atoms with van der Waals surface area (Å²) < 4.78 is 0. The van der Waals surface area contributed by atoms with Crippen LogP contribution in [0.4, 0.5) is 0 Å². The molecule has 4 amide bonds. The Morgan fingerprint density at radius 1 is 1.18 bits per heavy atom. The lowest BCUT2D eigenvalue weighted by Crippen LogP contribution is -2.54. The normalized spacial score (nSPS) is 13.6. The highest BCUT2D eigenvalue weighted by Gasteiger charge is 2.25. The minimum atomic E-state index is -1.32. The van der Waals surface area contributed by atoms with Crippen molar-refractivity contribution < 1.29 is 29.1 Å². The second-order valence-electron chi connectivity index (χ2n) is 5.98. The van der Waals surface area contributed by atoms with Gasteiger partial charge in [-0.2, -0.15) is 0 Å². The average molecular weight is 397 g/mol. The first-order valence-electron chi connectivity index (χ1n) is 8.21. The van der Waals surface area contributed by atoms with Gasteiger partial charge in [0.15, 0.2) is 0 Å². The van der Waals surface area contributed by atoms with Crippen molar-refractivity contribution >= 4 is 29.6 Å². The Morgan fingerprint density at radius 2 is 1.86 bits per heavy atom. The summed E-state index contributed by atoms with van der Waals surface area (Å²) in [6.07, 6.45) is 2.25. The van der Waals surface area contributed by atoms with Crippen LogP contribution >= 0.6 is 0 Å². The molecule has 0 aliphatic rings. The number of hydrogen-bond acceptors (Lipinski definition) is 7. The van der Waals surface area contributed by atoms with E-state index in [0.717, 1.165) is 0 Å². The van der Waals surface area contributed by atoms with E-state index in [-0.39, 0.29) is 6.42 Å². The molecule has 0 aliphatic heterocycles. The lowest BCUT2D eigenvalue weighted by molar-refractivity contribution is -0.141. The van der Waals surface area contributed by atoms with Crippen molar-refractivity contribution in [3.8, 4) is 0 Å². The minimum absolute atomic E-state index is 0.0379. The van der Waals surface area contributed by atoms with Crippen molar-refractivity contribution in [2.24, 2.45) is 11.5 Å². The number of carboxylic acid groups (broad SMARTS) is 1. The minimum Gasteiger partial charge on any atom is -0.480 e. The Balaban J connectivity index is 2.61. The van der Waals surface area contributed by atoms with Crippen LogP contribution < -0.4 is 27.4 Å². The van der Waals surface area contributed by atoms with Gasteiger partial charge in [-0.3, -0.25) is 19.2 Å². The van der Waals surface area contributed by atoms with Crippen LogP contribution in [-0.4, -0.2) is 69.3 Å². The van der Waals surface area contributed by atoms with Crippen molar-refractivity contribution in [3.05, 3.63) is 18.2 Å². The highest BCUT2D eigenvalue weighted by molar-refractivity contribution is 5.94. The van der Waals surface area contributed by atoms with Crippen molar-refractivity contribution in [1.82, 2.24) is 25.9 Å². The number of aromatic amines is 1. The number of carbonyl (C=O) groups is 5. The van der Waals surface area contributed by atoms with E-state index in [1.807, 2.05) is 0 Å². The van der Waals surface area contributed by atoms with Gasteiger partial charge in [-0.05, 0) is 6.92 Å². The van der Waals surface area contributed by atoms with Gasteiger partial charge in [-0.1, -0.05) is 0 Å². The van der Waals surface area contributed by atoms with E-state index in [1.165, 1.54) is 19.4 Å². The highest BCUT2D eigenvalue weighted by atomic mass is 16.4. The van der Waals surface area contributed by atoms with E-state index in [2.05, 4.69) is 25.9 Å². The van der Waals surface area contributed by atoms with Gasteiger partial charge in [0.1, 0.15) is 12.1 Å². The Morgan fingerprint density at radius 3 is 2.36 bits per heavy atom. The molecule has 1 heterocycles. The fourth-order valence-electron chi connectivity index (χ4n) is 2.07. The molecule has 0 spiro atoms. The lowest BCUT2D eigenvalue weighted by atomic mass is 10.1. The van der Waals surface area contributed by atoms with Crippen molar-refractivity contribution in [2.75, 3.05) is 6.54 Å². The first kappa shape index (κ1) is 22.6. The molecule has 0 aliphatic carbocycles. The number of carboxylic acids is 1. The lowest BCUT2D eigenvalue weighted by Gasteiger charge is -2.19. The van der Waals surface area contributed by atoms with Gasteiger partial charge >= 0.3 is 5.97 Å². The molecule has 3 unspecified atom stereocenters. The fraction of sp³-hybridized carbons (Fsp3) is 0.467. The SMILES string of the molecule is CC(N)C(=O)NC(CC(N)=O)C(=O)NCC(=O)NC(Cc1cnc[nH]1)C(=O)O. The zero-order valence-corrected chi connectivity index (χ0v) is 15.1. The summed E-state index contributed by atoms with van der Waals surface area (Å²) >= 11 is 0. The number of nitrogens with two attached hydrogens (primary N) is 2. The van der Waals surface area contributed by atoms with Crippen LogP contribution in [0.25, 0.3) is 0 Å². The van der Waals surface area contributed by atoms with E-state index in [1.54, 1.807) is 0 Å². The predicted octanol–water partition coefficient (Wildman–Crippen LogP) is -3.65. The molecule has 154 valence electrons. The molecule has 0 bridgehead atoms. The molecule has 1 aromatic rings. The summed E-state index contributed by atoms with van der Waals surface area (Å²) in [6, 6.07) is -3.49. The fourth-order valence-corrected chi connectivity index (χ4v) is 2.07. The number of aromatic nitrogens is 2. The number of nitrogens with one attached hydrogen (secondary N) is 4. The van der Waals surface area contributed by atoms with Crippen molar-refractivity contribution in [1.29, 1.82) is 0 Å². The van der Waals surface area contributed by atoms with E-state index in [9.17, 15) is 29.1 Å². The third-order valence-corrected chi connectivity index (χ3v) is 3.49. The van der Waals surface area contributed by atoms with Gasteiger partial charge in [0.05, 0.1) is 25.3 Å². The van der Waals surface area contributed by atoms with Crippen LogP contribution in [-0.2, 0) is 30.4 Å². The van der Waals surface area contributed by atoms with Crippen molar-refractivity contribution in [3.63, 3.8) is 0 Å². The zero-order valence-electron chi connectivity index (χ0n) is 15.1. The Bertz CT molecular complexity index is 718. The quantitative estimate of drug-likeness (QED) is 0.197. The topological polar surface area (TPSA) is 222 Å². The second-order valence-corrected chi connectivity index (χ2v) is 5.98. The van der Waals surface area contributed by atoms with Gasteiger partial charge in [-0.25, -0.2) is 9.78 Å². The molecular formula is C15H23N7O6. The predicted molar refractivity (Wildman–Crippen MR) is 94.3 cm³/mol. The molecule has 1 aromatic heterocycles. The third kappa shape index (κ3) is 7.82. The molecule has 0 fully saturated rings. The van der Waals surface area contributed by atoms with Crippen LogP contribution in [0.3, 0.4) is 0 Å². The third-order valence-electron chi connectivity index (χ3n) is 3.49. The molecule has 13 nitrogen and oxygen atoms in total. The maximum atomic E-state index is 12.1. The largest absolute Gasteiger partial charge is 0.480 e. The van der Waals surface area contributed by atoms with Crippen LogP contribution in [0.15, 0.2) is 12.5 Å². The number of rotatable bonds is 11. The molecule has 0 radical (unpaired) electrons. The summed E-state index contributed by atoms with van der Waals surface area (Å²) in [5, 5.41) is 15.9. The van der Waals surface area contributed by atoms with E-state index >= 15 is 0 Å². The summed E-state index contributed by atoms with van der Waals surface area (Å²) in [5.74, 6) is -4.43. The monoisotopic (exact) mass is 397 g/mol. The van der Waals surface area contributed by atoms with Gasteiger partial charge in [0.25, 0.3) is 0 Å². The van der Waals surface area contributed by atoms with Gasteiger partial charge in [0, 0.05) is 18.3 Å². The van der Waals surface area contributed by atoms with E-state index in [4.69, 9.17) is 11.5 Å². The number of aliphatic carboxylic acids is 1. The molecule has 0 aromatic carbocycles. The molecule has 9 N–H and O–H groups in total. The Hall–Kier alpha value is -3.48. The number of H-pyrrole nitrogens is 1. The van der Waals surface area contributed by atoms with Crippen LogP contribution in [0.1, 0.15) is 19.0 Å². The van der Waals surface area contributed by atoms with Gasteiger partial charge < -0.3 is 37.5 Å². The molecule has 0 saturated carbocycles. The Kier molecular flexibility index (Phi) is 8.55. The molecule has 1 rings (SSSR count). The average Bonchev–Trinajstić information content (AvgIpc) is 3.10. The van der Waals surface area contributed by atoms with Crippen LogP contribution in [0.2, 0.25) is 0 Å². The molecule has 0 saturated heterocycles. The maximum absolute atomic E-state index is 12.1. The summed E-state index contributed by atoms with van der Waals surface area (Å²) in [4.78, 5) is 64.5. The van der Waals surface area contributed by atoms with E-state index in [0.29, 0.717) is 5.69 Å². The number of imidazole rings is 1. The van der Waals surface area contributed by atoms with Crippen LogP contribution in [0.5, 0.6) is 0 Å². The molecule has 28 heavy (non-hydrogen) atoms. The zero-order chi connectivity index (χ0) is 21.3. The Labute approximate surface area is 159 Å². The second kappa shape index (κ2) is 10.6. The van der Waals surface area contributed by atoms with Crippen LogP contribution in [0, 0.1) is 0 Å². The molecule has 3 atom stereocenters.